The third-order valence-corrected chi connectivity index (χ3v) is 3.16. The van der Waals surface area contributed by atoms with Crippen LogP contribution in [0.4, 0.5) is 4.79 Å². The molecule has 5 heteroatoms. The van der Waals surface area contributed by atoms with E-state index in [1.54, 1.807) is 7.11 Å². The fraction of sp³-hybridized carbons (Fsp3) is 0.917. The summed E-state index contributed by atoms with van der Waals surface area (Å²) in [6.45, 7) is 7.29. The van der Waals surface area contributed by atoms with Crippen LogP contribution in [0.3, 0.4) is 0 Å². The van der Waals surface area contributed by atoms with Crippen molar-refractivity contribution >= 4 is 6.03 Å². The number of carbonyl (C=O) groups is 1. The molecule has 0 aromatic heterocycles. The van der Waals surface area contributed by atoms with Crippen molar-refractivity contribution in [2.45, 2.75) is 32.7 Å². The van der Waals surface area contributed by atoms with Gasteiger partial charge in [-0.3, -0.25) is 0 Å². The van der Waals surface area contributed by atoms with Crippen molar-refractivity contribution in [3.63, 3.8) is 0 Å². The molecule has 17 heavy (non-hydrogen) atoms. The quantitative estimate of drug-likeness (QED) is 0.666. The molecule has 0 spiro atoms. The highest BCUT2D eigenvalue weighted by Crippen LogP contribution is 2.28. The number of nitrogens with one attached hydrogen (secondary N) is 3. The molecule has 0 aromatic carbocycles. The van der Waals surface area contributed by atoms with E-state index < -0.39 is 0 Å². The zero-order chi connectivity index (χ0) is 12.7. The second-order valence-electron chi connectivity index (χ2n) is 5.16. The van der Waals surface area contributed by atoms with Crippen LogP contribution in [0, 0.1) is 5.41 Å². The van der Waals surface area contributed by atoms with E-state index >= 15 is 0 Å². The van der Waals surface area contributed by atoms with Gasteiger partial charge in [0.15, 0.2) is 0 Å². The van der Waals surface area contributed by atoms with Crippen LogP contribution < -0.4 is 16.0 Å². The lowest BCUT2D eigenvalue weighted by Gasteiger charge is -2.37. The highest BCUT2D eigenvalue weighted by molar-refractivity contribution is 5.74. The number of piperidine rings is 1. The summed E-state index contributed by atoms with van der Waals surface area (Å²) >= 11 is 0. The normalized spacial score (nSPS) is 19.1. The van der Waals surface area contributed by atoms with Crippen LogP contribution in [0.25, 0.3) is 0 Å². The summed E-state index contributed by atoms with van der Waals surface area (Å²) in [5, 5.41) is 9.12. The van der Waals surface area contributed by atoms with Crippen molar-refractivity contribution in [1.82, 2.24) is 16.0 Å². The maximum atomic E-state index is 11.6. The molecule has 1 heterocycles. The molecule has 1 saturated heterocycles. The molecule has 100 valence electrons. The Hall–Kier alpha value is -0.810. The predicted molar refractivity (Wildman–Crippen MR) is 68.1 cm³/mol. The third-order valence-electron chi connectivity index (χ3n) is 3.16. The predicted octanol–water partition coefficient (Wildman–Crippen LogP) is 0.710. The van der Waals surface area contributed by atoms with Gasteiger partial charge in [0, 0.05) is 25.1 Å². The van der Waals surface area contributed by atoms with Gasteiger partial charge in [-0.2, -0.15) is 0 Å². The summed E-state index contributed by atoms with van der Waals surface area (Å²) in [7, 11) is 1.72. The summed E-state index contributed by atoms with van der Waals surface area (Å²) in [4.78, 5) is 11.6. The van der Waals surface area contributed by atoms with E-state index in [9.17, 15) is 4.79 Å². The van der Waals surface area contributed by atoms with Gasteiger partial charge < -0.3 is 20.7 Å². The Bertz CT molecular complexity index is 232. The molecule has 0 bridgehead atoms. The maximum Gasteiger partial charge on any atom is 0.315 e. The molecule has 0 aromatic rings. The first-order valence-electron chi connectivity index (χ1n) is 6.32. The molecule has 3 N–H and O–H groups in total. The van der Waals surface area contributed by atoms with E-state index in [1.807, 2.05) is 13.8 Å². The van der Waals surface area contributed by atoms with E-state index in [-0.39, 0.29) is 17.5 Å². The van der Waals surface area contributed by atoms with E-state index in [4.69, 9.17) is 4.74 Å². The van der Waals surface area contributed by atoms with Gasteiger partial charge in [-0.25, -0.2) is 4.79 Å². The minimum absolute atomic E-state index is 0.0889. The highest BCUT2D eigenvalue weighted by Gasteiger charge is 2.32. The van der Waals surface area contributed by atoms with Crippen molar-refractivity contribution in [3.05, 3.63) is 0 Å². The smallest absolute Gasteiger partial charge is 0.315 e. The van der Waals surface area contributed by atoms with Crippen LogP contribution in [0.5, 0.6) is 0 Å². The first-order valence-corrected chi connectivity index (χ1v) is 6.32. The summed E-state index contributed by atoms with van der Waals surface area (Å²) in [6.07, 6.45) is 2.09. The largest absolute Gasteiger partial charge is 0.384 e. The van der Waals surface area contributed by atoms with Crippen molar-refractivity contribution in [2.75, 3.05) is 33.4 Å². The van der Waals surface area contributed by atoms with Gasteiger partial charge in [0.05, 0.1) is 6.61 Å². The lowest BCUT2D eigenvalue weighted by atomic mass is 9.79. The number of amides is 2. The molecule has 0 unspecified atom stereocenters. The minimum Gasteiger partial charge on any atom is -0.384 e. The first-order chi connectivity index (χ1) is 8.08. The fourth-order valence-electron chi connectivity index (χ4n) is 2.22. The molecule has 1 aliphatic rings. The second kappa shape index (κ2) is 6.81. The number of methoxy groups -OCH3 is 1. The lowest BCUT2D eigenvalue weighted by molar-refractivity contribution is 0.0554. The second-order valence-corrected chi connectivity index (χ2v) is 5.16. The third kappa shape index (κ3) is 4.91. The van der Waals surface area contributed by atoms with E-state index in [2.05, 4.69) is 16.0 Å². The molecule has 2 amide bonds. The van der Waals surface area contributed by atoms with E-state index in [1.165, 1.54) is 0 Å². The molecule has 0 saturated carbocycles. The number of ether oxygens (including phenoxy) is 1. The van der Waals surface area contributed by atoms with Gasteiger partial charge >= 0.3 is 6.03 Å². The Morgan fingerprint density at radius 3 is 2.59 bits per heavy atom. The molecule has 1 aliphatic heterocycles. The Morgan fingerprint density at radius 2 is 2.06 bits per heavy atom. The lowest BCUT2D eigenvalue weighted by Crippen LogP contribution is -2.50. The monoisotopic (exact) mass is 243 g/mol. The molecular formula is C12H25N3O2. The van der Waals surface area contributed by atoms with Gasteiger partial charge in [0.1, 0.15) is 0 Å². The van der Waals surface area contributed by atoms with Crippen molar-refractivity contribution < 1.29 is 9.53 Å². The molecule has 0 radical (unpaired) electrons. The summed E-state index contributed by atoms with van der Waals surface area (Å²) in [5.41, 5.74) is 0.0916. The Kier molecular flexibility index (Phi) is 5.71. The number of urea groups is 1. The van der Waals surface area contributed by atoms with Crippen molar-refractivity contribution in [3.8, 4) is 0 Å². The summed E-state index contributed by atoms with van der Waals surface area (Å²) in [5.74, 6) is 0. The SMILES string of the molecule is COCC1(CNC(=O)NC(C)C)CCNCC1. The molecule has 1 fully saturated rings. The first kappa shape index (κ1) is 14.3. The van der Waals surface area contributed by atoms with Gasteiger partial charge in [-0.15, -0.1) is 0 Å². The summed E-state index contributed by atoms with van der Waals surface area (Å²) < 4.78 is 5.30. The van der Waals surface area contributed by atoms with E-state index in [0.717, 1.165) is 25.9 Å². The van der Waals surface area contributed by atoms with Gasteiger partial charge in [-0.05, 0) is 39.8 Å². The Labute approximate surface area is 104 Å². The topological polar surface area (TPSA) is 62.4 Å². The molecule has 0 aliphatic carbocycles. The number of carbonyl (C=O) groups excluding carboxylic acids is 1. The minimum atomic E-state index is -0.0889. The van der Waals surface area contributed by atoms with Crippen LogP contribution >= 0.6 is 0 Å². The van der Waals surface area contributed by atoms with Gasteiger partial charge in [-0.1, -0.05) is 0 Å². The zero-order valence-electron chi connectivity index (χ0n) is 11.1. The Morgan fingerprint density at radius 1 is 1.41 bits per heavy atom. The van der Waals surface area contributed by atoms with Crippen LogP contribution in [0.15, 0.2) is 0 Å². The van der Waals surface area contributed by atoms with Crippen LogP contribution in [-0.2, 0) is 4.74 Å². The highest BCUT2D eigenvalue weighted by atomic mass is 16.5. The van der Waals surface area contributed by atoms with Crippen LogP contribution in [-0.4, -0.2) is 45.4 Å². The molecule has 0 atom stereocenters. The molecule has 5 nitrogen and oxygen atoms in total. The standard InChI is InChI=1S/C12H25N3O2/c1-10(2)15-11(16)14-8-12(9-17-3)4-6-13-7-5-12/h10,13H,4-9H2,1-3H3,(H2,14,15,16). The molecule has 1 rings (SSSR count). The van der Waals surface area contributed by atoms with Crippen molar-refractivity contribution in [2.24, 2.45) is 5.41 Å². The summed E-state index contributed by atoms with van der Waals surface area (Å²) in [6, 6.07) is 0.0791. The average molecular weight is 243 g/mol. The van der Waals surface area contributed by atoms with E-state index in [0.29, 0.717) is 13.2 Å². The van der Waals surface area contributed by atoms with Gasteiger partial charge in [0.2, 0.25) is 0 Å². The van der Waals surface area contributed by atoms with Crippen molar-refractivity contribution in [1.29, 1.82) is 0 Å². The molecular weight excluding hydrogens is 218 g/mol. The number of hydrogen-bond acceptors (Lipinski definition) is 3. The van der Waals surface area contributed by atoms with Crippen LogP contribution in [0.2, 0.25) is 0 Å². The number of hydrogen-bond donors (Lipinski definition) is 3. The maximum absolute atomic E-state index is 11.6. The zero-order valence-corrected chi connectivity index (χ0v) is 11.1. The fourth-order valence-corrected chi connectivity index (χ4v) is 2.22. The number of rotatable bonds is 5. The Balaban J connectivity index is 2.41. The van der Waals surface area contributed by atoms with Gasteiger partial charge in [0.25, 0.3) is 0 Å². The van der Waals surface area contributed by atoms with Crippen LogP contribution in [0.1, 0.15) is 26.7 Å². The average Bonchev–Trinajstić information content (AvgIpc) is 2.27.